The van der Waals surface area contributed by atoms with E-state index in [4.69, 9.17) is 11.6 Å². The molecule has 0 radical (unpaired) electrons. The maximum absolute atomic E-state index is 13.8. The van der Waals surface area contributed by atoms with Crippen LogP contribution in [-0.4, -0.2) is 34.0 Å². The van der Waals surface area contributed by atoms with E-state index in [1.54, 1.807) is 0 Å². The lowest BCUT2D eigenvalue weighted by molar-refractivity contribution is -0.150. The van der Waals surface area contributed by atoms with Crippen molar-refractivity contribution < 1.29 is 19.1 Å². The third-order valence-electron chi connectivity index (χ3n) is 3.76. The number of hydrogen-bond acceptors (Lipinski definition) is 2. The maximum atomic E-state index is 13.8. The van der Waals surface area contributed by atoms with Gasteiger partial charge in [-0.2, -0.15) is 0 Å². The van der Waals surface area contributed by atoms with Gasteiger partial charge in [-0.15, -0.1) is 0 Å². The zero-order valence-corrected chi connectivity index (χ0v) is 11.8. The molecule has 0 bridgehead atoms. The van der Waals surface area contributed by atoms with Crippen molar-refractivity contribution in [1.82, 2.24) is 4.90 Å². The average molecular weight is 300 g/mol. The van der Waals surface area contributed by atoms with Gasteiger partial charge in [0.05, 0.1) is 5.56 Å². The number of benzene rings is 1. The molecule has 1 N–H and O–H groups in total. The molecule has 1 aliphatic rings. The summed E-state index contributed by atoms with van der Waals surface area (Å²) in [5.41, 5.74) is -1.49. The summed E-state index contributed by atoms with van der Waals surface area (Å²) in [5.74, 6) is -2.40. The van der Waals surface area contributed by atoms with Gasteiger partial charge in [-0.3, -0.25) is 4.79 Å². The van der Waals surface area contributed by atoms with Gasteiger partial charge in [-0.25, -0.2) is 9.18 Å². The van der Waals surface area contributed by atoms with Crippen LogP contribution in [0.4, 0.5) is 4.39 Å². The number of halogens is 2. The van der Waals surface area contributed by atoms with Crippen LogP contribution in [-0.2, 0) is 4.79 Å². The third-order valence-corrected chi connectivity index (χ3v) is 3.99. The van der Waals surface area contributed by atoms with E-state index >= 15 is 0 Å². The molecule has 0 spiro atoms. The Hall–Kier alpha value is -1.62. The van der Waals surface area contributed by atoms with Crippen LogP contribution in [0.5, 0.6) is 0 Å². The molecule has 2 rings (SSSR count). The molecule has 0 aliphatic carbocycles. The van der Waals surface area contributed by atoms with E-state index in [1.807, 2.05) is 0 Å². The molecule has 0 saturated carbocycles. The second-order valence-corrected chi connectivity index (χ2v) is 5.55. The predicted molar refractivity (Wildman–Crippen MR) is 72.3 cm³/mol. The lowest BCUT2D eigenvalue weighted by Gasteiger charge is -2.41. The van der Waals surface area contributed by atoms with E-state index in [0.29, 0.717) is 19.4 Å². The molecule has 4 nitrogen and oxygen atoms in total. The number of carbonyl (C=O) groups excluding carboxylic acids is 1. The first-order valence-corrected chi connectivity index (χ1v) is 6.74. The summed E-state index contributed by atoms with van der Waals surface area (Å²) >= 11 is 5.78. The Morgan fingerprint density at radius 2 is 2.10 bits per heavy atom. The predicted octanol–water partition coefficient (Wildman–Crippen LogP) is 2.95. The van der Waals surface area contributed by atoms with Crippen LogP contribution in [0.3, 0.4) is 0 Å². The molecule has 1 atom stereocenters. The molecule has 1 unspecified atom stereocenters. The molecule has 1 heterocycles. The first-order valence-electron chi connectivity index (χ1n) is 6.36. The topological polar surface area (TPSA) is 57.6 Å². The molecular weight excluding hydrogens is 285 g/mol. The molecule has 1 aliphatic heterocycles. The average Bonchev–Trinajstić information content (AvgIpc) is 2.41. The zero-order chi connectivity index (χ0) is 14.9. The highest BCUT2D eigenvalue weighted by molar-refractivity contribution is 6.31. The van der Waals surface area contributed by atoms with E-state index in [2.05, 4.69) is 0 Å². The van der Waals surface area contributed by atoms with E-state index in [1.165, 1.54) is 24.0 Å². The van der Waals surface area contributed by atoms with E-state index in [9.17, 15) is 19.1 Å². The molecule has 0 aromatic heterocycles. The van der Waals surface area contributed by atoms with Crippen molar-refractivity contribution in [3.63, 3.8) is 0 Å². The minimum absolute atomic E-state index is 0.188. The maximum Gasteiger partial charge on any atom is 0.329 e. The second-order valence-electron chi connectivity index (χ2n) is 5.12. The van der Waals surface area contributed by atoms with Gasteiger partial charge in [0.2, 0.25) is 0 Å². The highest BCUT2D eigenvalue weighted by Gasteiger charge is 2.44. The summed E-state index contributed by atoms with van der Waals surface area (Å²) < 4.78 is 13.8. The number of likely N-dealkylation sites (tertiary alicyclic amines) is 1. The summed E-state index contributed by atoms with van der Waals surface area (Å²) in [5, 5.41) is 9.61. The normalized spacial score (nSPS) is 22.6. The van der Waals surface area contributed by atoms with Crippen LogP contribution in [0.2, 0.25) is 5.02 Å². The van der Waals surface area contributed by atoms with Gasteiger partial charge in [0, 0.05) is 11.6 Å². The van der Waals surface area contributed by atoms with Crippen LogP contribution in [0.15, 0.2) is 18.2 Å². The van der Waals surface area contributed by atoms with Gasteiger partial charge >= 0.3 is 5.97 Å². The number of carbonyl (C=O) groups is 2. The molecule has 1 aromatic carbocycles. The van der Waals surface area contributed by atoms with Crippen molar-refractivity contribution in [2.24, 2.45) is 0 Å². The van der Waals surface area contributed by atoms with Crippen molar-refractivity contribution in [3.05, 3.63) is 34.6 Å². The third kappa shape index (κ3) is 2.50. The number of nitrogens with zero attached hydrogens (tertiary/aromatic N) is 1. The Bertz CT molecular complexity index is 563. The Labute approximate surface area is 121 Å². The molecule has 1 aromatic rings. The van der Waals surface area contributed by atoms with E-state index < -0.39 is 23.2 Å². The Morgan fingerprint density at radius 1 is 1.40 bits per heavy atom. The standard InChI is InChI=1S/C14H15ClFNO3/c1-14(13(19)20)6-2-3-7-17(14)12(18)10-8-9(15)4-5-11(10)16/h4-5,8H,2-3,6-7H2,1H3,(H,19,20). The molecule has 1 amide bonds. The van der Waals surface area contributed by atoms with Crippen LogP contribution in [0.1, 0.15) is 36.5 Å². The number of amides is 1. The lowest BCUT2D eigenvalue weighted by atomic mass is 9.88. The fraction of sp³-hybridized carbons (Fsp3) is 0.429. The molecule has 1 fully saturated rings. The number of piperidine rings is 1. The largest absolute Gasteiger partial charge is 0.480 e. The van der Waals surface area contributed by atoms with E-state index in [-0.39, 0.29) is 10.6 Å². The van der Waals surface area contributed by atoms with Crippen LogP contribution < -0.4 is 0 Å². The highest BCUT2D eigenvalue weighted by atomic mass is 35.5. The van der Waals surface area contributed by atoms with E-state index in [0.717, 1.165) is 12.5 Å². The smallest absolute Gasteiger partial charge is 0.329 e. The SMILES string of the molecule is CC1(C(=O)O)CCCCN1C(=O)c1cc(Cl)ccc1F. The van der Waals surface area contributed by atoms with Crippen LogP contribution in [0, 0.1) is 5.82 Å². The summed E-state index contributed by atoms with van der Waals surface area (Å²) in [7, 11) is 0. The molecule has 6 heteroatoms. The number of hydrogen-bond donors (Lipinski definition) is 1. The number of carboxylic acids is 1. The highest BCUT2D eigenvalue weighted by Crippen LogP contribution is 2.30. The molecular formula is C14H15ClFNO3. The van der Waals surface area contributed by atoms with Gasteiger partial charge in [0.25, 0.3) is 5.91 Å². The molecule has 1 saturated heterocycles. The summed E-state index contributed by atoms with van der Waals surface area (Å²) in [6, 6.07) is 3.69. The van der Waals surface area contributed by atoms with Crippen molar-refractivity contribution >= 4 is 23.5 Å². The van der Waals surface area contributed by atoms with Gasteiger partial charge in [-0.1, -0.05) is 11.6 Å². The van der Waals surface area contributed by atoms with Crippen molar-refractivity contribution in [1.29, 1.82) is 0 Å². The van der Waals surface area contributed by atoms with Gasteiger partial charge in [0.15, 0.2) is 0 Å². The number of aliphatic carboxylic acids is 1. The summed E-state index contributed by atoms with van der Waals surface area (Å²) in [4.78, 5) is 25.1. The zero-order valence-electron chi connectivity index (χ0n) is 11.0. The quantitative estimate of drug-likeness (QED) is 0.913. The van der Waals surface area contributed by atoms with Crippen molar-refractivity contribution in [3.8, 4) is 0 Å². The van der Waals surface area contributed by atoms with Gasteiger partial charge in [0.1, 0.15) is 11.4 Å². The molecule has 20 heavy (non-hydrogen) atoms. The second kappa shape index (κ2) is 5.40. The van der Waals surface area contributed by atoms with Crippen molar-refractivity contribution in [2.45, 2.75) is 31.7 Å². The first-order chi connectivity index (χ1) is 9.36. The summed E-state index contributed by atoms with van der Waals surface area (Å²) in [6.45, 7) is 1.79. The van der Waals surface area contributed by atoms with Gasteiger partial charge < -0.3 is 10.0 Å². The van der Waals surface area contributed by atoms with Gasteiger partial charge in [-0.05, 0) is 44.4 Å². The monoisotopic (exact) mass is 299 g/mol. The minimum atomic E-state index is -1.30. The summed E-state index contributed by atoms with van der Waals surface area (Å²) in [6.07, 6.45) is 1.79. The van der Waals surface area contributed by atoms with Crippen LogP contribution >= 0.6 is 11.6 Å². The van der Waals surface area contributed by atoms with Crippen molar-refractivity contribution in [2.75, 3.05) is 6.54 Å². The fourth-order valence-corrected chi connectivity index (χ4v) is 2.65. The Morgan fingerprint density at radius 3 is 2.75 bits per heavy atom. The minimum Gasteiger partial charge on any atom is -0.480 e. The Kier molecular flexibility index (Phi) is 3.99. The molecule has 108 valence electrons. The Balaban J connectivity index is 2.40. The lowest BCUT2D eigenvalue weighted by Crippen LogP contribution is -2.57. The number of carboxylic acid groups (broad SMARTS) is 1. The van der Waals surface area contributed by atoms with Crippen LogP contribution in [0.25, 0.3) is 0 Å². The number of rotatable bonds is 2. The fourth-order valence-electron chi connectivity index (χ4n) is 2.48. The first kappa shape index (κ1) is 14.8.